The van der Waals surface area contributed by atoms with E-state index in [0.29, 0.717) is 0 Å². The Kier molecular flexibility index (Phi) is 9.36. The molecule has 0 saturated carbocycles. The second-order valence-electron chi connectivity index (χ2n) is 9.14. The molecule has 2 N–H and O–H groups in total. The summed E-state index contributed by atoms with van der Waals surface area (Å²) >= 11 is 0. The van der Waals surface area contributed by atoms with Crippen molar-refractivity contribution >= 4 is 108 Å². The Bertz CT molecular complexity index is 1760. The van der Waals surface area contributed by atoms with E-state index in [1.54, 1.807) is 0 Å². The van der Waals surface area contributed by atoms with Gasteiger partial charge in [-0.15, -0.1) is 49.6 Å². The standard InChI is InChI=1S/C30H23N5.4ClH/c1-35-12-2-3-20-13-19(4-11-30(20)35)28-17-27-16-25-8-7-23(32-25)14-21-5-6-22(31-21)15-24-9-10-26(33-24)18-29(28)34-27;;;;/h2-11,13-18,31,34H,12H2,1H3;4*1H. The van der Waals surface area contributed by atoms with Gasteiger partial charge in [-0.25, -0.2) is 9.97 Å². The Hall–Kier alpha value is -3.48. The SMILES string of the molecule is CN1CC=Cc2cc(-c3cc4cc5nc(cc6ccc(cc7nc(cc3[nH]4)C=C7)[nH]6)C=C5)ccc21.Cl.Cl.Cl.Cl. The molecule has 39 heavy (non-hydrogen) atoms. The van der Waals surface area contributed by atoms with Crippen LogP contribution in [-0.2, 0) is 0 Å². The number of aromatic amines is 2. The van der Waals surface area contributed by atoms with E-state index in [9.17, 15) is 0 Å². The summed E-state index contributed by atoms with van der Waals surface area (Å²) in [5.74, 6) is 0. The molecule has 7 rings (SSSR count). The highest BCUT2D eigenvalue weighted by atomic mass is 35.5. The van der Waals surface area contributed by atoms with E-state index < -0.39 is 0 Å². The third-order valence-electron chi connectivity index (χ3n) is 6.60. The van der Waals surface area contributed by atoms with Crippen molar-refractivity contribution in [2.24, 2.45) is 0 Å². The fraction of sp³-hybridized carbons (Fsp3) is 0.0667. The van der Waals surface area contributed by atoms with Crippen LogP contribution in [0.25, 0.3) is 63.6 Å². The number of rotatable bonds is 1. The molecular formula is C30H27Cl4N5. The molecule has 5 nitrogen and oxygen atoms in total. The molecule has 1 aromatic carbocycles. The van der Waals surface area contributed by atoms with Crippen molar-refractivity contribution in [3.8, 4) is 11.1 Å². The molecule has 3 aromatic heterocycles. The van der Waals surface area contributed by atoms with Crippen LogP contribution in [0.2, 0.25) is 0 Å². The van der Waals surface area contributed by atoms with Gasteiger partial charge in [0, 0.05) is 46.9 Å². The predicted molar refractivity (Wildman–Crippen MR) is 176 cm³/mol. The van der Waals surface area contributed by atoms with Crippen molar-refractivity contribution < 1.29 is 0 Å². The quantitative estimate of drug-likeness (QED) is 0.199. The van der Waals surface area contributed by atoms with E-state index in [1.807, 2.05) is 18.2 Å². The number of H-pyrrole nitrogens is 2. The van der Waals surface area contributed by atoms with Gasteiger partial charge < -0.3 is 14.9 Å². The lowest BCUT2D eigenvalue weighted by molar-refractivity contribution is 1.02. The number of halogens is 4. The van der Waals surface area contributed by atoms with Crippen LogP contribution in [0.3, 0.4) is 0 Å². The summed E-state index contributed by atoms with van der Waals surface area (Å²) in [5, 5.41) is 0. The highest BCUT2D eigenvalue weighted by molar-refractivity contribution is 5.90. The molecule has 0 amide bonds. The average molecular weight is 599 g/mol. The zero-order chi connectivity index (χ0) is 23.4. The van der Waals surface area contributed by atoms with Crippen LogP contribution in [0.5, 0.6) is 0 Å². The van der Waals surface area contributed by atoms with Crippen LogP contribution in [0.15, 0.2) is 66.7 Å². The van der Waals surface area contributed by atoms with E-state index in [2.05, 4.69) is 101 Å². The number of benzene rings is 1. The normalized spacial score (nSPS) is 12.5. The maximum Gasteiger partial charge on any atom is 0.0658 e. The summed E-state index contributed by atoms with van der Waals surface area (Å²) < 4.78 is 0. The van der Waals surface area contributed by atoms with Crippen molar-refractivity contribution in [1.29, 1.82) is 0 Å². The second kappa shape index (κ2) is 12.1. The van der Waals surface area contributed by atoms with Gasteiger partial charge in [0.05, 0.1) is 22.8 Å². The number of aromatic nitrogens is 4. The van der Waals surface area contributed by atoms with Crippen LogP contribution in [-0.4, -0.2) is 33.5 Å². The molecule has 0 radical (unpaired) electrons. The minimum atomic E-state index is 0. The van der Waals surface area contributed by atoms with Crippen molar-refractivity contribution in [2.75, 3.05) is 18.5 Å². The molecule has 0 saturated heterocycles. The molecule has 0 aliphatic carbocycles. The van der Waals surface area contributed by atoms with Crippen molar-refractivity contribution in [3.63, 3.8) is 0 Å². The first-order chi connectivity index (χ1) is 17.2. The summed E-state index contributed by atoms with van der Waals surface area (Å²) in [6.45, 7) is 0.937. The van der Waals surface area contributed by atoms with Crippen LogP contribution < -0.4 is 4.90 Å². The zero-order valence-corrected chi connectivity index (χ0v) is 24.2. The van der Waals surface area contributed by atoms with Gasteiger partial charge in [-0.2, -0.15) is 0 Å². The van der Waals surface area contributed by atoms with Crippen molar-refractivity contribution in [3.05, 3.63) is 95.1 Å². The first-order valence-electron chi connectivity index (χ1n) is 11.8. The summed E-state index contributed by atoms with van der Waals surface area (Å²) in [6.07, 6.45) is 12.6. The lowest BCUT2D eigenvalue weighted by atomic mass is 10.00. The predicted octanol–water partition coefficient (Wildman–Crippen LogP) is 8.47. The molecule has 3 aliphatic heterocycles. The van der Waals surface area contributed by atoms with E-state index in [-0.39, 0.29) is 49.6 Å². The third kappa shape index (κ3) is 5.92. The molecule has 0 spiro atoms. The van der Waals surface area contributed by atoms with E-state index in [4.69, 9.17) is 9.97 Å². The van der Waals surface area contributed by atoms with Crippen LogP contribution in [0.4, 0.5) is 5.69 Å². The maximum atomic E-state index is 4.83. The van der Waals surface area contributed by atoms with E-state index in [0.717, 1.165) is 57.0 Å². The minimum absolute atomic E-state index is 0. The molecule has 4 aromatic rings. The Balaban J connectivity index is 0.00000105. The number of hydrogen-bond donors (Lipinski definition) is 2. The van der Waals surface area contributed by atoms with Gasteiger partial charge in [0.25, 0.3) is 0 Å². The topological polar surface area (TPSA) is 60.6 Å². The number of hydrogen-bond acceptors (Lipinski definition) is 3. The Morgan fingerprint density at radius 3 is 1.85 bits per heavy atom. The van der Waals surface area contributed by atoms with Gasteiger partial charge in [0.15, 0.2) is 0 Å². The van der Waals surface area contributed by atoms with Crippen LogP contribution in [0, 0.1) is 0 Å². The van der Waals surface area contributed by atoms with E-state index in [1.165, 1.54) is 16.8 Å². The number of nitrogens with one attached hydrogen (secondary N) is 2. The molecule has 200 valence electrons. The van der Waals surface area contributed by atoms with E-state index >= 15 is 0 Å². The molecule has 9 heteroatoms. The molecule has 0 atom stereocenters. The zero-order valence-electron chi connectivity index (χ0n) is 20.9. The highest BCUT2D eigenvalue weighted by Gasteiger charge is 2.13. The molecule has 0 fully saturated rings. The van der Waals surface area contributed by atoms with Crippen LogP contribution in [0.1, 0.15) is 28.3 Å². The van der Waals surface area contributed by atoms with Crippen molar-refractivity contribution in [1.82, 2.24) is 19.9 Å². The molecular weight excluding hydrogens is 572 g/mol. The summed E-state index contributed by atoms with van der Waals surface area (Å²) in [5.41, 5.74) is 12.6. The Morgan fingerprint density at radius 1 is 0.615 bits per heavy atom. The molecule has 0 unspecified atom stereocenters. The van der Waals surface area contributed by atoms with Gasteiger partial charge in [-0.05, 0) is 90.0 Å². The molecule has 8 bridgehead atoms. The van der Waals surface area contributed by atoms with Gasteiger partial charge in [0.2, 0.25) is 0 Å². The summed E-state index contributed by atoms with van der Waals surface area (Å²) in [4.78, 5) is 18.9. The van der Waals surface area contributed by atoms with Crippen molar-refractivity contribution in [2.45, 2.75) is 0 Å². The number of anilines is 1. The third-order valence-corrected chi connectivity index (χ3v) is 6.60. The maximum absolute atomic E-state index is 4.83. The Morgan fingerprint density at radius 2 is 1.21 bits per heavy atom. The lowest BCUT2D eigenvalue weighted by Crippen LogP contribution is -2.20. The summed E-state index contributed by atoms with van der Waals surface area (Å²) in [7, 11) is 2.13. The largest absolute Gasteiger partial charge is 0.370 e. The minimum Gasteiger partial charge on any atom is -0.370 e. The van der Waals surface area contributed by atoms with Gasteiger partial charge >= 0.3 is 0 Å². The lowest BCUT2D eigenvalue weighted by Gasteiger charge is -2.24. The fourth-order valence-corrected chi connectivity index (χ4v) is 4.90. The van der Waals surface area contributed by atoms with Crippen LogP contribution >= 0.6 is 49.6 Å². The van der Waals surface area contributed by atoms with Gasteiger partial charge in [0.1, 0.15) is 0 Å². The first kappa shape index (κ1) is 30.1. The Labute approximate surface area is 251 Å². The molecule has 6 heterocycles. The van der Waals surface area contributed by atoms with Gasteiger partial charge in [-0.3, -0.25) is 0 Å². The number of fused-ring (bicyclic) bond motifs is 9. The van der Waals surface area contributed by atoms with Gasteiger partial charge in [-0.1, -0.05) is 18.2 Å². The fourth-order valence-electron chi connectivity index (χ4n) is 4.90. The second-order valence-corrected chi connectivity index (χ2v) is 9.14. The first-order valence-corrected chi connectivity index (χ1v) is 11.8. The molecule has 3 aliphatic rings. The number of likely N-dealkylation sites (N-methyl/N-ethyl adjacent to an activating group) is 1. The number of nitrogens with zero attached hydrogens (tertiary/aromatic N) is 3. The smallest absolute Gasteiger partial charge is 0.0658 e. The highest BCUT2D eigenvalue weighted by Crippen LogP contribution is 2.33. The average Bonchev–Trinajstić information content (AvgIpc) is 3.64. The monoisotopic (exact) mass is 597 g/mol. The summed E-state index contributed by atoms with van der Waals surface area (Å²) in [6, 6.07) is 21.3.